The average molecular weight is 387 g/mol. The number of aromatic carboxylic acids is 1. The van der Waals surface area contributed by atoms with Crippen molar-refractivity contribution in [1.82, 2.24) is 9.47 Å². The minimum atomic E-state index is -1.27. The van der Waals surface area contributed by atoms with E-state index in [-0.39, 0.29) is 17.0 Å². The summed E-state index contributed by atoms with van der Waals surface area (Å²) < 4.78 is 16.8. The Balaban J connectivity index is 1.78. The van der Waals surface area contributed by atoms with E-state index in [2.05, 4.69) is 25.9 Å². The molecule has 4 rings (SSSR count). The monoisotopic (exact) mass is 387 g/mol. The Morgan fingerprint density at radius 2 is 2.00 bits per heavy atom. The average Bonchev–Trinajstić information content (AvgIpc) is 3.37. The van der Waals surface area contributed by atoms with E-state index in [4.69, 9.17) is 0 Å². The molecular weight excluding hydrogens is 361 g/mol. The Morgan fingerprint density at radius 3 is 2.61 bits per heavy atom. The molecule has 0 unspecified atom stereocenters. The van der Waals surface area contributed by atoms with Gasteiger partial charge in [0.1, 0.15) is 11.4 Å². The molecule has 1 aromatic heterocycles. The number of rotatable bonds is 5. The second-order valence-corrected chi connectivity index (χ2v) is 8.34. The van der Waals surface area contributed by atoms with Crippen molar-refractivity contribution < 1.29 is 14.3 Å². The number of anilines is 1. The van der Waals surface area contributed by atoms with Gasteiger partial charge in [-0.25, -0.2) is 9.18 Å². The van der Waals surface area contributed by atoms with Crippen LogP contribution in [0.2, 0.25) is 0 Å². The number of hydrogen-bond acceptors (Lipinski definition) is 4. The van der Waals surface area contributed by atoms with Crippen LogP contribution in [0.4, 0.5) is 10.1 Å². The lowest BCUT2D eigenvalue weighted by molar-refractivity contribution is 0.0695. The van der Waals surface area contributed by atoms with Gasteiger partial charge in [0.15, 0.2) is 0 Å². The molecule has 1 aliphatic carbocycles. The molecule has 2 atom stereocenters. The molecule has 0 bridgehead atoms. The molecule has 1 saturated carbocycles. The topological polar surface area (TPSA) is 65.8 Å². The first-order valence-corrected chi connectivity index (χ1v) is 9.81. The number of carbonyl (C=O) groups is 1. The van der Waals surface area contributed by atoms with E-state index in [0.717, 1.165) is 32.4 Å². The highest BCUT2D eigenvalue weighted by molar-refractivity contribution is 5.93. The van der Waals surface area contributed by atoms with Gasteiger partial charge in [0.2, 0.25) is 5.43 Å². The van der Waals surface area contributed by atoms with Crippen LogP contribution in [-0.2, 0) is 0 Å². The summed E-state index contributed by atoms with van der Waals surface area (Å²) in [5.41, 5.74) is 0.203. The van der Waals surface area contributed by atoms with Crippen LogP contribution in [0, 0.1) is 11.7 Å². The highest BCUT2D eigenvalue weighted by Crippen LogP contribution is 2.38. The number of fused-ring (bicyclic) bond motifs is 1. The van der Waals surface area contributed by atoms with Gasteiger partial charge < -0.3 is 19.5 Å². The first-order valence-electron chi connectivity index (χ1n) is 9.81. The molecule has 7 heteroatoms. The van der Waals surface area contributed by atoms with Crippen molar-refractivity contribution in [3.8, 4) is 0 Å². The van der Waals surface area contributed by atoms with Crippen LogP contribution in [0.25, 0.3) is 10.9 Å². The largest absolute Gasteiger partial charge is 0.477 e. The molecule has 28 heavy (non-hydrogen) atoms. The fourth-order valence-corrected chi connectivity index (χ4v) is 4.23. The number of hydrogen-bond donors (Lipinski definition) is 1. The molecule has 2 heterocycles. The van der Waals surface area contributed by atoms with Gasteiger partial charge in [-0.05, 0) is 58.3 Å². The smallest absolute Gasteiger partial charge is 0.341 e. The van der Waals surface area contributed by atoms with Crippen LogP contribution in [0.3, 0.4) is 0 Å². The van der Waals surface area contributed by atoms with Crippen LogP contribution in [0.15, 0.2) is 23.1 Å². The summed E-state index contributed by atoms with van der Waals surface area (Å²) in [7, 11) is 4.11. The van der Waals surface area contributed by atoms with Gasteiger partial charge in [-0.1, -0.05) is 0 Å². The lowest BCUT2D eigenvalue weighted by Crippen LogP contribution is -2.34. The summed E-state index contributed by atoms with van der Waals surface area (Å²) in [6, 6.07) is 3.54. The summed E-state index contributed by atoms with van der Waals surface area (Å²) in [6.45, 7) is 3.72. The van der Waals surface area contributed by atoms with Crippen molar-refractivity contribution in [2.24, 2.45) is 5.92 Å². The van der Waals surface area contributed by atoms with Crippen LogP contribution in [-0.4, -0.2) is 53.8 Å². The maximum absolute atomic E-state index is 15.0. The second-order valence-electron chi connectivity index (χ2n) is 8.34. The quantitative estimate of drug-likeness (QED) is 0.855. The normalized spacial score (nSPS) is 20.9. The molecule has 2 aliphatic rings. The summed E-state index contributed by atoms with van der Waals surface area (Å²) in [5.74, 6) is -1.29. The molecule has 0 spiro atoms. The fourth-order valence-electron chi connectivity index (χ4n) is 4.23. The zero-order valence-corrected chi connectivity index (χ0v) is 16.5. The highest BCUT2D eigenvalue weighted by Gasteiger charge is 2.31. The van der Waals surface area contributed by atoms with E-state index in [0.29, 0.717) is 23.2 Å². The Kier molecular flexibility index (Phi) is 4.65. The summed E-state index contributed by atoms with van der Waals surface area (Å²) in [4.78, 5) is 28.3. The van der Waals surface area contributed by atoms with Crippen LogP contribution >= 0.6 is 0 Å². The lowest BCUT2D eigenvalue weighted by Gasteiger charge is -2.27. The Hall–Kier alpha value is -2.41. The molecule has 150 valence electrons. The van der Waals surface area contributed by atoms with Crippen molar-refractivity contribution in [2.75, 3.05) is 32.1 Å². The van der Waals surface area contributed by atoms with Gasteiger partial charge in [0.05, 0.1) is 11.2 Å². The molecule has 0 radical (unpaired) electrons. The standard InChI is InChI=1S/C21H26FN3O3/c1-12(23(2)3)13-6-7-24(10-13)19-9-18-15(8-17(19)22)20(26)16(21(27)28)11-25(18)14-4-5-14/h8-9,11-14H,4-7,10H2,1-3H3,(H,27,28)/t12-,13+/m1/s1. The SMILES string of the molecule is C[C@H]([C@H]1CCN(c2cc3c(cc2F)c(=O)c(C(=O)O)cn3C2CC2)C1)N(C)C. The van der Waals surface area contributed by atoms with Gasteiger partial charge in [-0.15, -0.1) is 0 Å². The highest BCUT2D eigenvalue weighted by atomic mass is 19.1. The maximum Gasteiger partial charge on any atom is 0.341 e. The van der Waals surface area contributed by atoms with E-state index in [1.165, 1.54) is 12.3 Å². The van der Waals surface area contributed by atoms with Crippen molar-refractivity contribution in [3.63, 3.8) is 0 Å². The van der Waals surface area contributed by atoms with Crippen molar-refractivity contribution in [2.45, 2.75) is 38.3 Å². The van der Waals surface area contributed by atoms with Crippen LogP contribution in [0.5, 0.6) is 0 Å². The van der Waals surface area contributed by atoms with Crippen molar-refractivity contribution >= 4 is 22.6 Å². The van der Waals surface area contributed by atoms with E-state index in [1.54, 1.807) is 6.07 Å². The van der Waals surface area contributed by atoms with Crippen LogP contribution < -0.4 is 10.3 Å². The van der Waals surface area contributed by atoms with Crippen molar-refractivity contribution in [3.05, 3.63) is 39.9 Å². The molecule has 1 aromatic carbocycles. The number of carboxylic acid groups (broad SMARTS) is 1. The minimum Gasteiger partial charge on any atom is -0.477 e. The third kappa shape index (κ3) is 3.17. The fraction of sp³-hybridized carbons (Fsp3) is 0.524. The van der Waals surface area contributed by atoms with Gasteiger partial charge in [-0.3, -0.25) is 4.79 Å². The third-order valence-electron chi connectivity index (χ3n) is 6.33. The number of halogens is 1. The maximum atomic E-state index is 15.0. The van der Waals surface area contributed by atoms with Gasteiger partial charge >= 0.3 is 5.97 Å². The molecule has 1 saturated heterocycles. The molecule has 0 amide bonds. The summed E-state index contributed by atoms with van der Waals surface area (Å²) in [6.07, 6.45) is 4.29. The predicted molar refractivity (Wildman–Crippen MR) is 107 cm³/mol. The Morgan fingerprint density at radius 1 is 1.29 bits per heavy atom. The number of pyridine rings is 1. The van der Waals surface area contributed by atoms with E-state index >= 15 is 0 Å². The van der Waals surface area contributed by atoms with E-state index < -0.39 is 17.2 Å². The van der Waals surface area contributed by atoms with Crippen molar-refractivity contribution in [1.29, 1.82) is 0 Å². The molecule has 1 N–H and O–H groups in total. The van der Waals surface area contributed by atoms with Gasteiger partial charge in [0, 0.05) is 36.8 Å². The van der Waals surface area contributed by atoms with Crippen LogP contribution in [0.1, 0.15) is 42.6 Å². The molecule has 2 fully saturated rings. The van der Waals surface area contributed by atoms with E-state index in [9.17, 15) is 19.1 Å². The Bertz CT molecular complexity index is 997. The third-order valence-corrected chi connectivity index (χ3v) is 6.33. The molecular formula is C21H26FN3O3. The Labute approximate surface area is 163 Å². The lowest BCUT2D eigenvalue weighted by atomic mass is 10.00. The predicted octanol–water partition coefficient (Wildman–Crippen LogP) is 2.95. The van der Waals surface area contributed by atoms with E-state index in [1.807, 2.05) is 9.47 Å². The molecule has 2 aromatic rings. The summed E-state index contributed by atoms with van der Waals surface area (Å²) >= 11 is 0. The zero-order chi connectivity index (χ0) is 20.2. The minimum absolute atomic E-state index is 0.144. The first-order chi connectivity index (χ1) is 13.3. The second kappa shape index (κ2) is 6.88. The van der Waals surface area contributed by atoms with Gasteiger partial charge in [0.25, 0.3) is 0 Å². The first kappa shape index (κ1) is 18.9. The van der Waals surface area contributed by atoms with Gasteiger partial charge in [-0.2, -0.15) is 0 Å². The number of aromatic nitrogens is 1. The number of benzene rings is 1. The number of nitrogens with zero attached hydrogens (tertiary/aromatic N) is 3. The summed E-state index contributed by atoms with van der Waals surface area (Å²) in [5, 5.41) is 9.50. The molecule has 1 aliphatic heterocycles. The number of carboxylic acids is 1. The molecule has 6 nitrogen and oxygen atoms in total. The zero-order valence-electron chi connectivity index (χ0n) is 16.5.